The number of carboxylic acids is 1. The molecule has 0 saturated carbocycles. The highest BCUT2D eigenvalue weighted by molar-refractivity contribution is 5.88. The summed E-state index contributed by atoms with van der Waals surface area (Å²) in [7, 11) is 0. The van der Waals surface area contributed by atoms with Gasteiger partial charge < -0.3 is 14.8 Å². The van der Waals surface area contributed by atoms with Crippen molar-refractivity contribution in [1.29, 1.82) is 0 Å². The summed E-state index contributed by atoms with van der Waals surface area (Å²) < 4.78 is 5.43. The molecule has 0 aromatic carbocycles. The second-order valence-corrected chi connectivity index (χ2v) is 4.26. The fraction of sp³-hybridized carbons (Fsp3) is 0.286. The minimum atomic E-state index is -0.950. The van der Waals surface area contributed by atoms with Crippen molar-refractivity contribution in [2.75, 3.05) is 5.32 Å². The molecule has 2 N–H and O–H groups in total. The summed E-state index contributed by atoms with van der Waals surface area (Å²) in [6.45, 7) is 4.29. The van der Waals surface area contributed by atoms with Gasteiger partial charge >= 0.3 is 5.97 Å². The molecule has 2 rings (SSSR count). The van der Waals surface area contributed by atoms with Crippen molar-refractivity contribution in [1.82, 2.24) is 4.98 Å². The molecule has 0 spiro atoms. The first-order valence-corrected chi connectivity index (χ1v) is 6.12. The smallest absolute Gasteiger partial charge is 0.335 e. The summed E-state index contributed by atoms with van der Waals surface area (Å²) in [5.41, 5.74) is 0.989. The Morgan fingerprint density at radius 1 is 1.42 bits per heavy atom. The van der Waals surface area contributed by atoms with Crippen LogP contribution in [0.3, 0.4) is 0 Å². The van der Waals surface area contributed by atoms with Crippen molar-refractivity contribution in [2.24, 2.45) is 0 Å². The normalized spacial score (nSPS) is 10.4. The van der Waals surface area contributed by atoms with Gasteiger partial charge in [0.2, 0.25) is 0 Å². The van der Waals surface area contributed by atoms with Gasteiger partial charge in [0.15, 0.2) is 0 Å². The van der Waals surface area contributed by atoms with Gasteiger partial charge in [-0.25, -0.2) is 9.78 Å². The maximum atomic E-state index is 11.0. The van der Waals surface area contributed by atoms with E-state index in [4.69, 9.17) is 9.52 Å². The quantitative estimate of drug-likeness (QED) is 0.864. The third-order valence-corrected chi connectivity index (χ3v) is 2.73. The summed E-state index contributed by atoms with van der Waals surface area (Å²) >= 11 is 0. The molecule has 100 valence electrons. The molecule has 0 unspecified atom stereocenters. The van der Waals surface area contributed by atoms with E-state index in [0.29, 0.717) is 18.8 Å². The number of carbonyl (C=O) groups is 1. The minimum Gasteiger partial charge on any atom is -0.478 e. The summed E-state index contributed by atoms with van der Waals surface area (Å²) in [6.07, 6.45) is 0.690. The summed E-state index contributed by atoms with van der Waals surface area (Å²) in [6, 6.07) is 6.88. The predicted molar refractivity (Wildman–Crippen MR) is 71.3 cm³/mol. The predicted octanol–water partition coefficient (Wildman–Crippen LogP) is 2.86. The molecule has 2 aromatic heterocycles. The van der Waals surface area contributed by atoms with Crippen LogP contribution in [0.15, 0.2) is 28.7 Å². The van der Waals surface area contributed by atoms with Gasteiger partial charge in [-0.15, -0.1) is 0 Å². The van der Waals surface area contributed by atoms with Gasteiger partial charge in [0, 0.05) is 5.69 Å². The third kappa shape index (κ3) is 3.34. The van der Waals surface area contributed by atoms with Crippen LogP contribution in [0.2, 0.25) is 0 Å². The van der Waals surface area contributed by atoms with Gasteiger partial charge in [0.25, 0.3) is 0 Å². The Morgan fingerprint density at radius 3 is 2.79 bits per heavy atom. The monoisotopic (exact) mass is 260 g/mol. The number of rotatable bonds is 5. The number of hydrogen-bond acceptors (Lipinski definition) is 4. The number of furan rings is 1. The van der Waals surface area contributed by atoms with Gasteiger partial charge in [0.1, 0.15) is 17.3 Å². The van der Waals surface area contributed by atoms with E-state index in [0.717, 1.165) is 17.2 Å². The lowest BCUT2D eigenvalue weighted by atomic mass is 10.2. The maximum absolute atomic E-state index is 11.0. The molecule has 0 radical (unpaired) electrons. The lowest BCUT2D eigenvalue weighted by molar-refractivity contribution is 0.0696. The molecule has 2 aromatic rings. The lowest BCUT2D eigenvalue weighted by Gasteiger charge is -2.07. The van der Waals surface area contributed by atoms with Gasteiger partial charge in [-0.1, -0.05) is 6.92 Å². The van der Waals surface area contributed by atoms with Crippen molar-refractivity contribution in [3.05, 3.63) is 47.0 Å². The fourth-order valence-corrected chi connectivity index (χ4v) is 1.74. The molecule has 0 atom stereocenters. The van der Waals surface area contributed by atoms with Crippen LogP contribution in [0, 0.1) is 6.92 Å². The average Bonchev–Trinajstić information content (AvgIpc) is 2.81. The van der Waals surface area contributed by atoms with E-state index in [-0.39, 0.29) is 5.56 Å². The topological polar surface area (TPSA) is 75.4 Å². The van der Waals surface area contributed by atoms with E-state index >= 15 is 0 Å². The van der Waals surface area contributed by atoms with Gasteiger partial charge in [-0.2, -0.15) is 0 Å². The van der Waals surface area contributed by atoms with Crippen LogP contribution in [0.4, 0.5) is 5.82 Å². The molecule has 19 heavy (non-hydrogen) atoms. The highest BCUT2D eigenvalue weighted by Crippen LogP contribution is 2.14. The zero-order valence-electron chi connectivity index (χ0n) is 10.9. The van der Waals surface area contributed by atoms with Crippen molar-refractivity contribution in [3.63, 3.8) is 0 Å². The third-order valence-electron chi connectivity index (χ3n) is 2.73. The van der Waals surface area contributed by atoms with Crippen molar-refractivity contribution >= 4 is 11.8 Å². The molecular weight excluding hydrogens is 244 g/mol. The van der Waals surface area contributed by atoms with E-state index in [1.165, 1.54) is 6.07 Å². The Morgan fingerprint density at radius 2 is 2.21 bits per heavy atom. The first kappa shape index (κ1) is 13.1. The number of carboxylic acid groups (broad SMARTS) is 1. The Kier molecular flexibility index (Phi) is 3.85. The Hall–Kier alpha value is -2.30. The van der Waals surface area contributed by atoms with Crippen LogP contribution < -0.4 is 5.32 Å². The van der Waals surface area contributed by atoms with Gasteiger partial charge in [0.05, 0.1) is 12.1 Å². The molecule has 0 aliphatic heterocycles. The number of nitrogens with zero attached hydrogens (tertiary/aromatic N) is 1. The van der Waals surface area contributed by atoms with Crippen LogP contribution in [0.5, 0.6) is 0 Å². The molecule has 5 heteroatoms. The first-order valence-electron chi connectivity index (χ1n) is 6.12. The molecule has 0 saturated heterocycles. The largest absolute Gasteiger partial charge is 0.478 e. The molecule has 5 nitrogen and oxygen atoms in total. The number of nitrogens with one attached hydrogen (secondary N) is 1. The van der Waals surface area contributed by atoms with Crippen molar-refractivity contribution in [3.8, 4) is 0 Å². The van der Waals surface area contributed by atoms with Crippen molar-refractivity contribution < 1.29 is 14.3 Å². The Bertz CT molecular complexity index is 590. The number of hydrogen-bond donors (Lipinski definition) is 2. The van der Waals surface area contributed by atoms with Gasteiger partial charge in [-0.3, -0.25) is 0 Å². The number of aromatic carboxylic acids is 1. The SMILES string of the molecule is CCc1cc(C(=O)O)cc(NCc2ccc(C)o2)n1. The molecule has 0 bridgehead atoms. The van der Waals surface area contributed by atoms with Crippen LogP contribution in [-0.2, 0) is 13.0 Å². The minimum absolute atomic E-state index is 0.241. The molecular formula is C14H16N2O3. The highest BCUT2D eigenvalue weighted by Gasteiger charge is 2.08. The van der Waals surface area contributed by atoms with E-state index in [9.17, 15) is 4.79 Å². The van der Waals surface area contributed by atoms with Crippen LogP contribution in [-0.4, -0.2) is 16.1 Å². The number of aromatic nitrogens is 1. The Balaban J connectivity index is 2.15. The van der Waals surface area contributed by atoms with Crippen LogP contribution in [0.25, 0.3) is 0 Å². The molecule has 0 amide bonds. The van der Waals surface area contributed by atoms with Crippen molar-refractivity contribution in [2.45, 2.75) is 26.8 Å². The highest BCUT2D eigenvalue weighted by atomic mass is 16.4. The van der Waals surface area contributed by atoms with E-state index in [1.807, 2.05) is 26.0 Å². The number of pyridine rings is 1. The Labute approximate surface area is 111 Å². The number of anilines is 1. The second-order valence-electron chi connectivity index (χ2n) is 4.26. The first-order chi connectivity index (χ1) is 9.08. The maximum Gasteiger partial charge on any atom is 0.335 e. The van der Waals surface area contributed by atoms with E-state index < -0.39 is 5.97 Å². The standard InChI is InChI=1S/C14H16N2O3/c1-3-11-6-10(14(17)18)7-13(16-11)15-8-12-5-4-9(2)19-12/h4-7H,3,8H2,1-2H3,(H,15,16)(H,17,18). The fourth-order valence-electron chi connectivity index (χ4n) is 1.74. The lowest BCUT2D eigenvalue weighted by Crippen LogP contribution is -2.06. The summed E-state index contributed by atoms with van der Waals surface area (Å²) in [5.74, 6) is 1.23. The van der Waals surface area contributed by atoms with E-state index in [2.05, 4.69) is 10.3 Å². The number of aryl methyl sites for hydroxylation is 2. The summed E-state index contributed by atoms with van der Waals surface area (Å²) in [4.78, 5) is 15.4. The zero-order chi connectivity index (χ0) is 13.8. The molecule has 2 heterocycles. The van der Waals surface area contributed by atoms with E-state index in [1.54, 1.807) is 6.07 Å². The average molecular weight is 260 g/mol. The van der Waals surface area contributed by atoms with Gasteiger partial charge in [-0.05, 0) is 37.6 Å². The molecule has 0 aliphatic rings. The molecule has 0 aliphatic carbocycles. The zero-order valence-corrected chi connectivity index (χ0v) is 10.9. The van der Waals surface area contributed by atoms with Crippen LogP contribution in [0.1, 0.15) is 34.5 Å². The van der Waals surface area contributed by atoms with Crippen LogP contribution >= 0.6 is 0 Å². The summed E-state index contributed by atoms with van der Waals surface area (Å²) in [5, 5.41) is 12.1. The molecule has 0 fully saturated rings. The second kappa shape index (κ2) is 5.56.